The first-order valence-electron chi connectivity index (χ1n) is 5.69. The van der Waals surface area contributed by atoms with E-state index >= 15 is 0 Å². The first-order chi connectivity index (χ1) is 8.54. The van der Waals surface area contributed by atoms with E-state index in [0.717, 1.165) is 12.8 Å². The lowest BCUT2D eigenvalue weighted by molar-refractivity contribution is -0.384. The van der Waals surface area contributed by atoms with Gasteiger partial charge in [-0.05, 0) is 30.2 Å². The van der Waals surface area contributed by atoms with Crippen LogP contribution in [0.3, 0.4) is 0 Å². The summed E-state index contributed by atoms with van der Waals surface area (Å²) in [6.45, 7) is 2.01. The Balaban J connectivity index is 2.83. The number of rotatable bonds is 6. The maximum atomic E-state index is 11.4. The van der Waals surface area contributed by atoms with Gasteiger partial charge >= 0.3 is 0 Å². The molecule has 0 atom stereocenters. The molecule has 0 saturated heterocycles. The molecule has 1 rings (SSSR count). The molecule has 0 aromatic heterocycles. The van der Waals surface area contributed by atoms with Crippen LogP contribution in [-0.2, 0) is 4.79 Å². The molecular weight excluding hydrogens is 254 g/mol. The minimum atomic E-state index is -0.493. The summed E-state index contributed by atoms with van der Waals surface area (Å²) in [6.07, 6.45) is 5.22. The normalized spacial score (nSPS) is 10.8. The Morgan fingerprint density at radius 1 is 1.50 bits per heavy atom. The van der Waals surface area contributed by atoms with Gasteiger partial charge in [0.2, 0.25) is 0 Å². The van der Waals surface area contributed by atoms with E-state index in [2.05, 4.69) is 0 Å². The van der Waals surface area contributed by atoms with Gasteiger partial charge in [0.15, 0.2) is 5.78 Å². The van der Waals surface area contributed by atoms with Crippen molar-refractivity contribution in [2.24, 2.45) is 0 Å². The number of nitro benzene ring substituents is 1. The van der Waals surface area contributed by atoms with E-state index in [1.54, 1.807) is 0 Å². The van der Waals surface area contributed by atoms with Crippen molar-refractivity contribution >= 4 is 29.1 Å². The van der Waals surface area contributed by atoms with Gasteiger partial charge in [0.1, 0.15) is 0 Å². The maximum absolute atomic E-state index is 11.4. The molecule has 0 heterocycles. The Kier molecular flexibility index (Phi) is 5.52. The van der Waals surface area contributed by atoms with Crippen LogP contribution in [0.1, 0.15) is 31.7 Å². The fourth-order valence-corrected chi connectivity index (χ4v) is 1.57. The lowest BCUT2D eigenvalue weighted by Crippen LogP contribution is -1.92. The number of carbonyl (C=O) groups is 1. The number of carbonyl (C=O) groups excluding carboxylic acids is 1. The van der Waals surface area contributed by atoms with E-state index in [0.29, 0.717) is 17.0 Å². The number of unbranched alkanes of at least 4 members (excludes halogenated alkanes) is 1. The number of hydrogen-bond donors (Lipinski definition) is 0. The third kappa shape index (κ3) is 4.30. The van der Waals surface area contributed by atoms with Gasteiger partial charge in [-0.25, -0.2) is 0 Å². The zero-order valence-electron chi connectivity index (χ0n) is 10.1. The average molecular weight is 268 g/mol. The minimum Gasteiger partial charge on any atom is -0.295 e. The van der Waals surface area contributed by atoms with Crippen LogP contribution in [0.5, 0.6) is 0 Å². The molecule has 96 valence electrons. The molecule has 0 unspecified atom stereocenters. The zero-order valence-corrected chi connectivity index (χ0v) is 10.8. The first-order valence-corrected chi connectivity index (χ1v) is 6.07. The van der Waals surface area contributed by atoms with Crippen LogP contribution in [0, 0.1) is 10.1 Å². The summed E-state index contributed by atoms with van der Waals surface area (Å²) in [5.41, 5.74) is 0.441. The molecular formula is C13H14ClNO3. The van der Waals surface area contributed by atoms with Crippen LogP contribution in [0.2, 0.25) is 5.02 Å². The van der Waals surface area contributed by atoms with Crippen molar-refractivity contribution in [3.63, 3.8) is 0 Å². The fourth-order valence-electron chi connectivity index (χ4n) is 1.39. The van der Waals surface area contributed by atoms with E-state index in [1.807, 2.05) is 6.92 Å². The monoisotopic (exact) mass is 267 g/mol. The predicted molar refractivity (Wildman–Crippen MR) is 71.7 cm³/mol. The van der Waals surface area contributed by atoms with Crippen LogP contribution < -0.4 is 0 Å². The van der Waals surface area contributed by atoms with Crippen molar-refractivity contribution < 1.29 is 9.72 Å². The Morgan fingerprint density at radius 2 is 2.22 bits per heavy atom. The Labute approximate surface area is 110 Å². The second kappa shape index (κ2) is 6.91. The summed E-state index contributed by atoms with van der Waals surface area (Å²) in [7, 11) is 0. The summed E-state index contributed by atoms with van der Waals surface area (Å²) in [6, 6.07) is 4.14. The van der Waals surface area contributed by atoms with Gasteiger partial charge in [0, 0.05) is 23.6 Å². The van der Waals surface area contributed by atoms with Crippen LogP contribution in [0.25, 0.3) is 6.08 Å². The van der Waals surface area contributed by atoms with Crippen LogP contribution in [-0.4, -0.2) is 10.7 Å². The first kappa shape index (κ1) is 14.4. The Morgan fingerprint density at radius 3 is 2.83 bits per heavy atom. The van der Waals surface area contributed by atoms with Gasteiger partial charge in [-0.2, -0.15) is 0 Å². The van der Waals surface area contributed by atoms with Gasteiger partial charge in [0.25, 0.3) is 5.69 Å². The summed E-state index contributed by atoms with van der Waals surface area (Å²) in [5.74, 6) is -0.000534. The van der Waals surface area contributed by atoms with Crippen LogP contribution in [0.15, 0.2) is 24.3 Å². The van der Waals surface area contributed by atoms with Crippen molar-refractivity contribution in [2.75, 3.05) is 0 Å². The molecule has 0 spiro atoms. The molecule has 0 aliphatic heterocycles. The van der Waals surface area contributed by atoms with Crippen LogP contribution in [0.4, 0.5) is 5.69 Å². The van der Waals surface area contributed by atoms with Gasteiger partial charge in [-0.3, -0.25) is 14.9 Å². The van der Waals surface area contributed by atoms with Crippen molar-refractivity contribution in [2.45, 2.75) is 26.2 Å². The van der Waals surface area contributed by atoms with E-state index in [4.69, 9.17) is 11.6 Å². The molecule has 1 aromatic carbocycles. The highest BCUT2D eigenvalue weighted by Crippen LogP contribution is 2.23. The van der Waals surface area contributed by atoms with Crippen molar-refractivity contribution in [1.29, 1.82) is 0 Å². The molecule has 0 radical (unpaired) electrons. The zero-order chi connectivity index (χ0) is 13.5. The summed E-state index contributed by atoms with van der Waals surface area (Å²) in [5, 5.41) is 11.0. The molecule has 0 bridgehead atoms. The van der Waals surface area contributed by atoms with E-state index in [9.17, 15) is 14.9 Å². The Bertz CT molecular complexity index is 483. The smallest absolute Gasteiger partial charge is 0.270 e. The number of allylic oxidation sites excluding steroid dienone is 1. The highest BCUT2D eigenvalue weighted by molar-refractivity contribution is 6.32. The summed E-state index contributed by atoms with van der Waals surface area (Å²) >= 11 is 5.90. The molecule has 1 aromatic rings. The maximum Gasteiger partial charge on any atom is 0.270 e. The number of nitro groups is 1. The molecule has 0 fully saturated rings. The topological polar surface area (TPSA) is 60.2 Å². The third-order valence-corrected chi connectivity index (χ3v) is 2.76. The highest BCUT2D eigenvalue weighted by atomic mass is 35.5. The molecule has 0 amide bonds. The Hall–Kier alpha value is -1.68. The van der Waals surface area contributed by atoms with Crippen molar-refractivity contribution in [3.05, 3.63) is 45.0 Å². The van der Waals surface area contributed by atoms with Gasteiger partial charge in [-0.15, -0.1) is 0 Å². The molecule has 4 nitrogen and oxygen atoms in total. The largest absolute Gasteiger partial charge is 0.295 e. The van der Waals surface area contributed by atoms with Crippen LogP contribution >= 0.6 is 11.6 Å². The van der Waals surface area contributed by atoms with E-state index in [1.165, 1.54) is 30.4 Å². The molecule has 0 saturated carbocycles. The molecule has 18 heavy (non-hydrogen) atoms. The minimum absolute atomic E-state index is 0.000534. The molecule has 0 aliphatic rings. The SMILES string of the molecule is CCCCC(=O)/C=C/c1cc([N+](=O)[O-])ccc1Cl. The van der Waals surface area contributed by atoms with Crippen molar-refractivity contribution in [3.8, 4) is 0 Å². The summed E-state index contributed by atoms with van der Waals surface area (Å²) < 4.78 is 0. The number of non-ortho nitro benzene ring substituents is 1. The third-order valence-electron chi connectivity index (χ3n) is 2.42. The standard InChI is InChI=1S/C13H14ClNO3/c1-2-3-4-12(16)7-5-10-9-11(15(17)18)6-8-13(10)14/h5-9H,2-4H2,1H3/b7-5+. The number of benzene rings is 1. The number of halogens is 1. The quantitative estimate of drug-likeness (QED) is 0.444. The predicted octanol–water partition coefficient (Wildman–Crippen LogP) is 4.02. The number of hydrogen-bond acceptors (Lipinski definition) is 3. The number of nitrogens with zero attached hydrogens (tertiary/aromatic N) is 1. The lowest BCUT2D eigenvalue weighted by Gasteiger charge is -1.98. The highest BCUT2D eigenvalue weighted by Gasteiger charge is 2.08. The fraction of sp³-hybridized carbons (Fsp3) is 0.308. The van der Waals surface area contributed by atoms with E-state index < -0.39 is 4.92 Å². The van der Waals surface area contributed by atoms with Gasteiger partial charge < -0.3 is 0 Å². The van der Waals surface area contributed by atoms with Gasteiger partial charge in [0.05, 0.1) is 4.92 Å². The molecule has 0 N–H and O–H groups in total. The second-order valence-electron chi connectivity index (χ2n) is 3.87. The molecule has 0 aliphatic carbocycles. The average Bonchev–Trinajstić information content (AvgIpc) is 2.35. The van der Waals surface area contributed by atoms with E-state index in [-0.39, 0.29) is 11.5 Å². The van der Waals surface area contributed by atoms with Crippen molar-refractivity contribution in [1.82, 2.24) is 0 Å². The van der Waals surface area contributed by atoms with Gasteiger partial charge in [-0.1, -0.05) is 24.9 Å². The number of ketones is 1. The second-order valence-corrected chi connectivity index (χ2v) is 4.27. The molecule has 5 heteroatoms. The lowest BCUT2D eigenvalue weighted by atomic mass is 10.1. The summed E-state index contributed by atoms with van der Waals surface area (Å²) in [4.78, 5) is 21.6.